The summed E-state index contributed by atoms with van der Waals surface area (Å²) >= 11 is 3.22. The van der Waals surface area contributed by atoms with Crippen LogP contribution >= 0.6 is 15.9 Å². The van der Waals surface area contributed by atoms with Gasteiger partial charge < -0.3 is 9.84 Å². The molecule has 1 aromatic rings. The second kappa shape index (κ2) is 6.02. The average Bonchev–Trinajstić information content (AvgIpc) is 2.27. The molecule has 0 aliphatic heterocycles. The number of aliphatic hydroxyl groups is 1. The van der Waals surface area contributed by atoms with E-state index in [4.69, 9.17) is 4.74 Å². The minimum atomic E-state index is -0.923. The summed E-state index contributed by atoms with van der Waals surface area (Å²) in [6, 6.07) is 6.74. The molecule has 0 fully saturated rings. The van der Waals surface area contributed by atoms with Gasteiger partial charge in [-0.1, -0.05) is 28.1 Å². The average molecular weight is 327 g/mol. The van der Waals surface area contributed by atoms with Crippen LogP contribution in [-0.2, 0) is 9.53 Å². The van der Waals surface area contributed by atoms with E-state index >= 15 is 0 Å². The van der Waals surface area contributed by atoms with Crippen LogP contribution < -0.4 is 0 Å². The molecular formula is C14H15BrO4. The molecule has 0 aliphatic carbocycles. The second-order valence-electron chi connectivity index (χ2n) is 4.88. The first-order valence-electron chi connectivity index (χ1n) is 5.63. The van der Waals surface area contributed by atoms with Gasteiger partial charge in [-0.05, 0) is 32.9 Å². The second-order valence-corrected chi connectivity index (χ2v) is 5.73. The number of ketones is 1. The SMILES string of the molecule is CC(C)(C)OC(=O)C(O)=CC(=O)c1ccccc1Br. The third-order valence-corrected chi connectivity index (χ3v) is 2.71. The number of rotatable bonds is 3. The van der Waals surface area contributed by atoms with E-state index in [0.717, 1.165) is 6.08 Å². The topological polar surface area (TPSA) is 63.6 Å². The molecule has 0 bridgehead atoms. The highest BCUT2D eigenvalue weighted by molar-refractivity contribution is 9.10. The van der Waals surface area contributed by atoms with Crippen molar-refractivity contribution in [3.8, 4) is 0 Å². The van der Waals surface area contributed by atoms with E-state index in [1.165, 1.54) is 0 Å². The lowest BCUT2D eigenvalue weighted by molar-refractivity contribution is -0.153. The first kappa shape index (κ1) is 15.4. The van der Waals surface area contributed by atoms with Crippen LogP contribution in [-0.4, -0.2) is 22.5 Å². The van der Waals surface area contributed by atoms with E-state index in [9.17, 15) is 14.7 Å². The molecule has 0 spiro atoms. The van der Waals surface area contributed by atoms with Gasteiger partial charge in [0.2, 0.25) is 5.76 Å². The van der Waals surface area contributed by atoms with Crippen molar-refractivity contribution in [1.29, 1.82) is 0 Å². The first-order chi connectivity index (χ1) is 8.70. The first-order valence-corrected chi connectivity index (χ1v) is 6.43. The lowest BCUT2D eigenvalue weighted by atomic mass is 10.1. The lowest BCUT2D eigenvalue weighted by Gasteiger charge is -2.18. The van der Waals surface area contributed by atoms with E-state index in [2.05, 4.69) is 15.9 Å². The highest BCUT2D eigenvalue weighted by Crippen LogP contribution is 2.17. The van der Waals surface area contributed by atoms with Crippen molar-refractivity contribution in [2.75, 3.05) is 0 Å². The highest BCUT2D eigenvalue weighted by Gasteiger charge is 2.20. The van der Waals surface area contributed by atoms with E-state index in [1.807, 2.05) is 0 Å². The smallest absolute Gasteiger partial charge is 0.374 e. The van der Waals surface area contributed by atoms with E-state index in [1.54, 1.807) is 45.0 Å². The van der Waals surface area contributed by atoms with Crippen molar-refractivity contribution >= 4 is 27.7 Å². The number of halogens is 1. The Bertz CT molecular complexity index is 526. The minimum absolute atomic E-state index is 0.359. The Labute approximate surface area is 120 Å². The van der Waals surface area contributed by atoms with Gasteiger partial charge in [0.1, 0.15) is 5.60 Å². The Morgan fingerprint density at radius 3 is 2.37 bits per heavy atom. The summed E-state index contributed by atoms with van der Waals surface area (Å²) in [5.41, 5.74) is -0.368. The molecule has 5 heteroatoms. The molecule has 19 heavy (non-hydrogen) atoms. The van der Waals surface area contributed by atoms with Gasteiger partial charge in [-0.25, -0.2) is 4.79 Å². The monoisotopic (exact) mass is 326 g/mol. The molecule has 0 unspecified atom stereocenters. The summed E-state index contributed by atoms with van der Waals surface area (Å²) in [6.45, 7) is 5.02. The molecule has 1 rings (SSSR count). The van der Waals surface area contributed by atoms with Gasteiger partial charge >= 0.3 is 5.97 Å². The Morgan fingerprint density at radius 2 is 1.84 bits per heavy atom. The molecule has 0 amide bonds. The number of esters is 1. The molecular weight excluding hydrogens is 312 g/mol. The van der Waals surface area contributed by atoms with E-state index in [0.29, 0.717) is 10.0 Å². The largest absolute Gasteiger partial charge is 0.502 e. The van der Waals surface area contributed by atoms with Crippen molar-refractivity contribution in [3.05, 3.63) is 46.1 Å². The van der Waals surface area contributed by atoms with Crippen LogP contribution in [0.4, 0.5) is 0 Å². The Hall–Kier alpha value is -1.62. The van der Waals surface area contributed by atoms with Crippen LogP contribution in [0.5, 0.6) is 0 Å². The zero-order chi connectivity index (χ0) is 14.6. The number of allylic oxidation sites excluding steroid dienone is 1. The van der Waals surface area contributed by atoms with Crippen molar-refractivity contribution < 1.29 is 19.4 Å². The van der Waals surface area contributed by atoms with E-state index in [-0.39, 0.29) is 0 Å². The van der Waals surface area contributed by atoms with Gasteiger partial charge in [-0.3, -0.25) is 4.79 Å². The molecule has 0 aromatic heterocycles. The van der Waals surface area contributed by atoms with Crippen molar-refractivity contribution in [3.63, 3.8) is 0 Å². The summed E-state index contributed by atoms with van der Waals surface area (Å²) in [5.74, 6) is -2.11. The van der Waals surface area contributed by atoms with Crippen LogP contribution in [0.15, 0.2) is 40.6 Å². The molecule has 0 radical (unpaired) electrons. The van der Waals surface area contributed by atoms with Crippen LogP contribution in [0, 0.1) is 0 Å². The Balaban J connectivity index is 2.88. The predicted molar refractivity (Wildman–Crippen MR) is 75.0 cm³/mol. The zero-order valence-corrected chi connectivity index (χ0v) is 12.5. The maximum Gasteiger partial charge on any atom is 0.374 e. The third kappa shape index (κ3) is 4.87. The number of hydrogen-bond acceptors (Lipinski definition) is 4. The fourth-order valence-corrected chi connectivity index (χ4v) is 1.73. The molecule has 0 atom stereocenters. The molecule has 102 valence electrons. The minimum Gasteiger partial charge on any atom is -0.502 e. The number of carbonyl (C=O) groups excluding carboxylic acids is 2. The number of carbonyl (C=O) groups is 2. The molecule has 0 heterocycles. The Kier molecular flexibility index (Phi) is 4.89. The molecule has 0 aliphatic rings. The predicted octanol–water partition coefficient (Wildman–Crippen LogP) is 3.42. The van der Waals surface area contributed by atoms with Gasteiger partial charge in [0.15, 0.2) is 5.78 Å². The van der Waals surface area contributed by atoms with Crippen molar-refractivity contribution in [2.45, 2.75) is 26.4 Å². The number of ether oxygens (including phenoxy) is 1. The molecule has 1 N–H and O–H groups in total. The standard InChI is InChI=1S/C14H15BrO4/c1-14(2,3)19-13(18)12(17)8-11(16)9-6-4-5-7-10(9)15/h4-8,17H,1-3H3. The summed E-state index contributed by atoms with van der Waals surface area (Å²) in [6.07, 6.45) is 0.855. The van der Waals surface area contributed by atoms with Crippen molar-refractivity contribution in [2.24, 2.45) is 0 Å². The van der Waals surface area contributed by atoms with Gasteiger partial charge in [0.05, 0.1) is 0 Å². The fraction of sp³-hybridized carbons (Fsp3) is 0.286. The van der Waals surface area contributed by atoms with Crippen LogP contribution in [0.25, 0.3) is 0 Å². The Morgan fingerprint density at radius 1 is 1.26 bits per heavy atom. The number of hydrogen-bond donors (Lipinski definition) is 1. The molecule has 0 saturated carbocycles. The van der Waals surface area contributed by atoms with Gasteiger partial charge in [-0.2, -0.15) is 0 Å². The zero-order valence-electron chi connectivity index (χ0n) is 10.9. The van der Waals surface area contributed by atoms with Crippen LogP contribution in [0.2, 0.25) is 0 Å². The molecule has 4 nitrogen and oxygen atoms in total. The van der Waals surface area contributed by atoms with Gasteiger partial charge in [0.25, 0.3) is 0 Å². The fourth-order valence-electron chi connectivity index (χ4n) is 1.25. The molecule has 1 aromatic carbocycles. The maximum atomic E-state index is 11.9. The summed E-state index contributed by atoms with van der Waals surface area (Å²) in [7, 11) is 0. The quantitative estimate of drug-likeness (QED) is 0.400. The van der Waals surface area contributed by atoms with Crippen LogP contribution in [0.1, 0.15) is 31.1 Å². The summed E-state index contributed by atoms with van der Waals surface area (Å²) in [4.78, 5) is 23.4. The lowest BCUT2D eigenvalue weighted by Crippen LogP contribution is -2.25. The van der Waals surface area contributed by atoms with Crippen LogP contribution in [0.3, 0.4) is 0 Å². The third-order valence-electron chi connectivity index (χ3n) is 2.02. The van der Waals surface area contributed by atoms with Crippen molar-refractivity contribution in [1.82, 2.24) is 0 Å². The summed E-state index contributed by atoms with van der Waals surface area (Å²) < 4.78 is 5.54. The summed E-state index contributed by atoms with van der Waals surface area (Å²) in [5, 5.41) is 9.55. The van der Waals surface area contributed by atoms with E-state index < -0.39 is 23.1 Å². The number of benzene rings is 1. The number of aliphatic hydroxyl groups excluding tert-OH is 1. The molecule has 0 saturated heterocycles. The normalized spacial score (nSPS) is 12.1. The maximum absolute atomic E-state index is 11.9. The van der Waals surface area contributed by atoms with Gasteiger partial charge in [-0.15, -0.1) is 0 Å². The van der Waals surface area contributed by atoms with Gasteiger partial charge in [0, 0.05) is 16.1 Å². The highest BCUT2D eigenvalue weighted by atomic mass is 79.9.